The first-order valence-electron chi connectivity index (χ1n) is 7.78. The molecule has 0 unspecified atom stereocenters. The monoisotopic (exact) mass is 331 g/mol. The summed E-state index contributed by atoms with van der Waals surface area (Å²) in [6, 6.07) is 16.5. The number of guanidine groups is 1. The third-order valence-corrected chi connectivity index (χ3v) is 3.84. The highest BCUT2D eigenvalue weighted by molar-refractivity contribution is 5.96. The minimum Gasteiger partial charge on any atom is -0.369 e. The molecular weight excluding hydrogens is 306 g/mol. The highest BCUT2D eigenvalue weighted by Crippen LogP contribution is 2.26. The molecule has 0 spiro atoms. The quantitative estimate of drug-likeness (QED) is 0.641. The second-order valence-electron chi connectivity index (χ2n) is 5.77. The van der Waals surface area contributed by atoms with Crippen molar-refractivity contribution in [3.8, 4) is 0 Å². The summed E-state index contributed by atoms with van der Waals surface area (Å²) in [6.45, 7) is 6.48. The number of nitrogens with two attached hydrogens (primary N) is 1. The Morgan fingerprint density at radius 2 is 1.83 bits per heavy atom. The summed E-state index contributed by atoms with van der Waals surface area (Å²) in [6.07, 6.45) is 1.01. The molecule has 124 valence electrons. The lowest BCUT2D eigenvalue weighted by molar-refractivity contribution is 0.866. The normalized spacial score (nSPS) is 11.3. The maximum Gasteiger partial charge on any atom is 0.200 e. The SMILES string of the molecule is CCc1cccc(N(C)C(N)=Nc2ccccc2C(C)C)c1.Cl. The van der Waals surface area contributed by atoms with Crippen molar-refractivity contribution in [1.82, 2.24) is 0 Å². The Morgan fingerprint density at radius 3 is 2.48 bits per heavy atom. The fourth-order valence-corrected chi connectivity index (χ4v) is 2.39. The summed E-state index contributed by atoms with van der Waals surface area (Å²) in [5, 5.41) is 0. The molecular formula is C19H26ClN3. The zero-order valence-electron chi connectivity index (χ0n) is 14.3. The summed E-state index contributed by atoms with van der Waals surface area (Å²) < 4.78 is 0. The lowest BCUT2D eigenvalue weighted by Crippen LogP contribution is -2.33. The van der Waals surface area contributed by atoms with E-state index in [-0.39, 0.29) is 12.4 Å². The van der Waals surface area contributed by atoms with Crippen molar-refractivity contribution in [3.05, 3.63) is 59.7 Å². The van der Waals surface area contributed by atoms with Gasteiger partial charge in [-0.25, -0.2) is 4.99 Å². The largest absolute Gasteiger partial charge is 0.369 e. The molecule has 0 aromatic heterocycles. The van der Waals surface area contributed by atoms with Crippen LogP contribution in [0, 0.1) is 0 Å². The summed E-state index contributed by atoms with van der Waals surface area (Å²) in [7, 11) is 1.95. The van der Waals surface area contributed by atoms with Gasteiger partial charge in [0.2, 0.25) is 5.96 Å². The van der Waals surface area contributed by atoms with Gasteiger partial charge in [-0.2, -0.15) is 0 Å². The molecule has 0 fully saturated rings. The van der Waals surface area contributed by atoms with Gasteiger partial charge in [0, 0.05) is 12.7 Å². The number of hydrogen-bond donors (Lipinski definition) is 1. The molecule has 4 heteroatoms. The number of aliphatic imine (C=N–C) groups is 1. The van der Waals surface area contributed by atoms with Crippen molar-refractivity contribution >= 4 is 29.7 Å². The van der Waals surface area contributed by atoms with Gasteiger partial charge < -0.3 is 10.6 Å². The summed E-state index contributed by atoms with van der Waals surface area (Å²) in [5.41, 5.74) is 10.7. The highest BCUT2D eigenvalue weighted by atomic mass is 35.5. The molecule has 0 saturated carbocycles. The number of halogens is 1. The first kappa shape index (κ1) is 19.0. The van der Waals surface area contributed by atoms with Gasteiger partial charge in [0.1, 0.15) is 0 Å². The summed E-state index contributed by atoms with van der Waals surface area (Å²) in [5.74, 6) is 0.919. The van der Waals surface area contributed by atoms with Gasteiger partial charge in [-0.05, 0) is 41.7 Å². The Balaban J connectivity index is 0.00000264. The first-order chi connectivity index (χ1) is 10.5. The van der Waals surface area contributed by atoms with Crippen LogP contribution < -0.4 is 10.6 Å². The minimum atomic E-state index is 0. The molecule has 0 amide bonds. The van der Waals surface area contributed by atoms with Gasteiger partial charge in [-0.15, -0.1) is 12.4 Å². The van der Waals surface area contributed by atoms with Crippen LogP contribution in [0.2, 0.25) is 0 Å². The Morgan fingerprint density at radius 1 is 1.13 bits per heavy atom. The van der Waals surface area contributed by atoms with Gasteiger partial charge in [-0.1, -0.05) is 51.1 Å². The van der Waals surface area contributed by atoms with Crippen LogP contribution in [0.4, 0.5) is 11.4 Å². The highest BCUT2D eigenvalue weighted by Gasteiger charge is 2.09. The van der Waals surface area contributed by atoms with E-state index in [4.69, 9.17) is 5.73 Å². The zero-order chi connectivity index (χ0) is 16.1. The summed E-state index contributed by atoms with van der Waals surface area (Å²) >= 11 is 0. The molecule has 2 rings (SSSR count). The van der Waals surface area contributed by atoms with Crippen LogP contribution >= 0.6 is 12.4 Å². The lowest BCUT2D eigenvalue weighted by atomic mass is 10.0. The number of nitrogens with zero attached hydrogens (tertiary/aromatic N) is 2. The van der Waals surface area contributed by atoms with Gasteiger partial charge in [0.05, 0.1) is 5.69 Å². The first-order valence-corrected chi connectivity index (χ1v) is 7.78. The molecule has 0 aliphatic heterocycles. The molecule has 3 nitrogen and oxygen atoms in total. The van der Waals surface area contributed by atoms with Crippen molar-refractivity contribution in [3.63, 3.8) is 0 Å². The van der Waals surface area contributed by atoms with Gasteiger partial charge in [0.25, 0.3) is 0 Å². The van der Waals surface area contributed by atoms with E-state index >= 15 is 0 Å². The second kappa shape index (κ2) is 8.59. The molecule has 23 heavy (non-hydrogen) atoms. The zero-order valence-corrected chi connectivity index (χ0v) is 15.1. The Bertz CT molecular complexity index is 665. The van der Waals surface area contributed by atoms with E-state index in [0.29, 0.717) is 11.9 Å². The molecule has 0 bridgehead atoms. The van der Waals surface area contributed by atoms with Crippen LogP contribution in [0.5, 0.6) is 0 Å². The molecule has 0 aliphatic rings. The topological polar surface area (TPSA) is 41.6 Å². The van der Waals surface area contributed by atoms with Gasteiger partial charge >= 0.3 is 0 Å². The number of rotatable bonds is 4. The number of anilines is 1. The smallest absolute Gasteiger partial charge is 0.200 e. The van der Waals surface area contributed by atoms with Crippen molar-refractivity contribution in [2.24, 2.45) is 10.7 Å². The van der Waals surface area contributed by atoms with E-state index < -0.39 is 0 Å². The number of benzene rings is 2. The van der Waals surface area contributed by atoms with Crippen LogP contribution in [0.3, 0.4) is 0 Å². The van der Waals surface area contributed by atoms with Crippen LogP contribution in [0.1, 0.15) is 37.8 Å². The molecule has 0 radical (unpaired) electrons. The molecule has 2 aromatic rings. The fraction of sp³-hybridized carbons (Fsp3) is 0.316. The predicted molar refractivity (Wildman–Crippen MR) is 103 cm³/mol. The van der Waals surface area contributed by atoms with E-state index in [0.717, 1.165) is 17.8 Å². The van der Waals surface area contributed by atoms with Crippen LogP contribution in [0.15, 0.2) is 53.5 Å². The standard InChI is InChI=1S/C19H25N3.ClH/c1-5-15-9-8-10-16(13-15)22(4)19(20)21-18-12-7-6-11-17(18)14(2)3;/h6-14H,5H2,1-4H3,(H2,20,21);1H. The second-order valence-corrected chi connectivity index (χ2v) is 5.77. The number of hydrogen-bond acceptors (Lipinski definition) is 1. The van der Waals surface area contributed by atoms with E-state index in [1.54, 1.807) is 0 Å². The van der Waals surface area contributed by atoms with E-state index in [9.17, 15) is 0 Å². The maximum absolute atomic E-state index is 6.22. The number of aryl methyl sites for hydroxylation is 1. The average molecular weight is 332 g/mol. The molecule has 0 saturated heterocycles. The number of para-hydroxylation sites is 1. The molecule has 2 aromatic carbocycles. The van der Waals surface area contributed by atoms with Crippen molar-refractivity contribution in [1.29, 1.82) is 0 Å². The Kier molecular flexibility index (Phi) is 7.11. The van der Waals surface area contributed by atoms with Crippen LogP contribution in [-0.2, 0) is 6.42 Å². The molecule has 0 atom stereocenters. The van der Waals surface area contributed by atoms with Gasteiger partial charge in [-0.3, -0.25) is 0 Å². The average Bonchev–Trinajstić information content (AvgIpc) is 2.54. The molecule has 0 aliphatic carbocycles. The third-order valence-electron chi connectivity index (χ3n) is 3.84. The van der Waals surface area contributed by atoms with Crippen LogP contribution in [-0.4, -0.2) is 13.0 Å². The van der Waals surface area contributed by atoms with Crippen molar-refractivity contribution < 1.29 is 0 Å². The molecule has 0 heterocycles. The Labute approximate surface area is 145 Å². The van der Waals surface area contributed by atoms with Crippen molar-refractivity contribution in [2.75, 3.05) is 11.9 Å². The fourth-order valence-electron chi connectivity index (χ4n) is 2.39. The minimum absolute atomic E-state index is 0. The summed E-state index contributed by atoms with van der Waals surface area (Å²) in [4.78, 5) is 6.56. The van der Waals surface area contributed by atoms with Gasteiger partial charge in [0.15, 0.2) is 0 Å². The van der Waals surface area contributed by atoms with E-state index in [2.05, 4.69) is 56.1 Å². The van der Waals surface area contributed by atoms with Crippen LogP contribution in [0.25, 0.3) is 0 Å². The third kappa shape index (κ3) is 4.73. The Hall–Kier alpha value is -2.00. The molecule has 2 N–H and O–H groups in total. The van der Waals surface area contributed by atoms with Crippen molar-refractivity contribution in [2.45, 2.75) is 33.1 Å². The van der Waals surface area contributed by atoms with E-state index in [1.807, 2.05) is 30.1 Å². The maximum atomic E-state index is 6.22. The predicted octanol–water partition coefficient (Wildman–Crippen LogP) is 4.88. The van der Waals surface area contributed by atoms with E-state index in [1.165, 1.54) is 11.1 Å². The lowest BCUT2D eigenvalue weighted by Gasteiger charge is -2.19.